The molecule has 3 aromatic rings. The predicted octanol–water partition coefficient (Wildman–Crippen LogP) is 4.29. The van der Waals surface area contributed by atoms with E-state index in [4.69, 9.17) is 4.74 Å². The van der Waals surface area contributed by atoms with Crippen LogP contribution in [-0.2, 0) is 9.53 Å². The summed E-state index contributed by atoms with van der Waals surface area (Å²) in [5.74, 6) is 0.496. The number of para-hydroxylation sites is 1. The highest BCUT2D eigenvalue weighted by molar-refractivity contribution is 8.00. The first-order valence-corrected chi connectivity index (χ1v) is 9.39. The Labute approximate surface area is 157 Å². The first kappa shape index (κ1) is 18.2. The van der Waals surface area contributed by atoms with Gasteiger partial charge in [-0.15, -0.1) is 10.2 Å². The van der Waals surface area contributed by atoms with E-state index in [1.807, 2.05) is 66.9 Å². The van der Waals surface area contributed by atoms with Crippen molar-refractivity contribution in [1.82, 2.24) is 14.8 Å². The van der Waals surface area contributed by atoms with E-state index < -0.39 is 0 Å². The third kappa shape index (κ3) is 3.96. The maximum atomic E-state index is 12.0. The van der Waals surface area contributed by atoms with Gasteiger partial charge >= 0.3 is 5.97 Å². The summed E-state index contributed by atoms with van der Waals surface area (Å²) in [5.41, 5.74) is 3.09. The van der Waals surface area contributed by atoms with Crippen LogP contribution in [-0.4, -0.2) is 32.6 Å². The predicted molar refractivity (Wildman–Crippen MR) is 103 cm³/mol. The SMILES string of the molecule is CCOC(=O)[C@@H](C)Sc1nnc(-c2cccc(C)c2)n1-c1ccccc1. The van der Waals surface area contributed by atoms with Crippen LogP contribution >= 0.6 is 11.8 Å². The van der Waals surface area contributed by atoms with Crippen molar-refractivity contribution in [3.8, 4) is 17.1 Å². The van der Waals surface area contributed by atoms with Crippen molar-refractivity contribution in [2.45, 2.75) is 31.2 Å². The van der Waals surface area contributed by atoms with Crippen LogP contribution in [0.3, 0.4) is 0 Å². The number of aromatic nitrogens is 3. The van der Waals surface area contributed by atoms with Crippen LogP contribution in [0.1, 0.15) is 19.4 Å². The Morgan fingerprint density at radius 3 is 2.62 bits per heavy atom. The fourth-order valence-corrected chi connectivity index (χ4v) is 3.46. The molecule has 5 nitrogen and oxygen atoms in total. The summed E-state index contributed by atoms with van der Waals surface area (Å²) in [6.45, 7) is 6.03. The molecule has 0 unspecified atom stereocenters. The van der Waals surface area contributed by atoms with Gasteiger partial charge < -0.3 is 4.74 Å². The quantitative estimate of drug-likeness (QED) is 0.481. The highest BCUT2D eigenvalue weighted by atomic mass is 32.2. The molecule has 1 heterocycles. The minimum absolute atomic E-state index is 0.253. The molecule has 1 atom stereocenters. The number of hydrogen-bond acceptors (Lipinski definition) is 5. The van der Waals surface area contributed by atoms with Crippen LogP contribution in [0.25, 0.3) is 17.1 Å². The van der Waals surface area contributed by atoms with E-state index in [9.17, 15) is 4.79 Å². The fourth-order valence-electron chi connectivity index (χ4n) is 2.59. The highest BCUT2D eigenvalue weighted by Gasteiger charge is 2.22. The van der Waals surface area contributed by atoms with E-state index >= 15 is 0 Å². The monoisotopic (exact) mass is 367 g/mol. The molecule has 6 heteroatoms. The number of carbonyl (C=O) groups excluding carboxylic acids is 1. The zero-order valence-corrected chi connectivity index (χ0v) is 15.9. The van der Waals surface area contributed by atoms with Gasteiger partial charge in [0.2, 0.25) is 0 Å². The molecule has 0 saturated heterocycles. The number of hydrogen-bond donors (Lipinski definition) is 0. The standard InChI is InChI=1S/C20H21N3O2S/c1-4-25-19(24)15(3)26-20-22-21-18(16-10-8-9-14(2)13-16)23(20)17-11-6-5-7-12-17/h5-13,15H,4H2,1-3H3/t15-/m1/s1. The zero-order valence-electron chi connectivity index (χ0n) is 15.0. The highest BCUT2D eigenvalue weighted by Crippen LogP contribution is 2.30. The van der Waals surface area contributed by atoms with Crippen LogP contribution < -0.4 is 0 Å². The molecule has 1 aromatic heterocycles. The van der Waals surface area contributed by atoms with Gasteiger partial charge in [-0.25, -0.2) is 0 Å². The Balaban J connectivity index is 2.04. The van der Waals surface area contributed by atoms with Crippen LogP contribution in [0.4, 0.5) is 0 Å². The number of thioether (sulfide) groups is 1. The van der Waals surface area contributed by atoms with Gasteiger partial charge in [-0.05, 0) is 39.0 Å². The van der Waals surface area contributed by atoms with Crippen LogP contribution in [0.2, 0.25) is 0 Å². The molecule has 26 heavy (non-hydrogen) atoms. The van der Waals surface area contributed by atoms with Crippen molar-refractivity contribution >= 4 is 17.7 Å². The fraction of sp³-hybridized carbons (Fsp3) is 0.250. The van der Waals surface area contributed by atoms with E-state index in [0.717, 1.165) is 22.6 Å². The molecule has 0 amide bonds. The van der Waals surface area contributed by atoms with Crippen molar-refractivity contribution in [3.63, 3.8) is 0 Å². The number of aryl methyl sites for hydroxylation is 1. The third-order valence-electron chi connectivity index (χ3n) is 3.82. The first-order valence-electron chi connectivity index (χ1n) is 8.51. The molecule has 134 valence electrons. The lowest BCUT2D eigenvalue weighted by atomic mass is 10.1. The molecule has 2 aromatic carbocycles. The number of ether oxygens (including phenoxy) is 1. The number of rotatable bonds is 6. The van der Waals surface area contributed by atoms with Gasteiger partial charge in [0.25, 0.3) is 0 Å². The summed E-state index contributed by atoms with van der Waals surface area (Å²) in [6, 6.07) is 18.1. The van der Waals surface area contributed by atoms with Crippen LogP contribution in [0.5, 0.6) is 0 Å². The Bertz CT molecular complexity index is 893. The maximum Gasteiger partial charge on any atom is 0.319 e. The second-order valence-electron chi connectivity index (χ2n) is 5.86. The normalized spacial score (nSPS) is 12.0. The van der Waals surface area contributed by atoms with Gasteiger partial charge in [0, 0.05) is 11.3 Å². The minimum atomic E-state index is -0.369. The Morgan fingerprint density at radius 1 is 1.15 bits per heavy atom. The van der Waals surface area contributed by atoms with Gasteiger partial charge in [0.05, 0.1) is 6.61 Å². The Kier molecular flexibility index (Phi) is 5.73. The van der Waals surface area contributed by atoms with E-state index in [1.165, 1.54) is 11.8 Å². The number of benzene rings is 2. The maximum absolute atomic E-state index is 12.0. The third-order valence-corrected chi connectivity index (χ3v) is 4.85. The largest absolute Gasteiger partial charge is 0.465 e. The smallest absolute Gasteiger partial charge is 0.319 e. The van der Waals surface area contributed by atoms with E-state index in [2.05, 4.69) is 16.3 Å². The molecular formula is C20H21N3O2S. The lowest BCUT2D eigenvalue weighted by Gasteiger charge is -2.13. The van der Waals surface area contributed by atoms with E-state index in [0.29, 0.717) is 11.8 Å². The second kappa shape index (κ2) is 8.19. The van der Waals surface area contributed by atoms with Crippen LogP contribution in [0.15, 0.2) is 59.8 Å². The van der Waals surface area contributed by atoms with E-state index in [-0.39, 0.29) is 11.2 Å². The number of nitrogens with zero attached hydrogens (tertiary/aromatic N) is 3. The van der Waals surface area contributed by atoms with Crippen molar-refractivity contribution in [2.75, 3.05) is 6.61 Å². The first-order chi connectivity index (χ1) is 12.6. The molecule has 0 aliphatic carbocycles. The molecule has 0 bridgehead atoms. The van der Waals surface area contributed by atoms with E-state index in [1.54, 1.807) is 6.92 Å². The number of esters is 1. The number of carbonyl (C=O) groups is 1. The lowest BCUT2D eigenvalue weighted by Crippen LogP contribution is -2.17. The van der Waals surface area contributed by atoms with Gasteiger partial charge in [0.15, 0.2) is 11.0 Å². The average Bonchev–Trinajstić information content (AvgIpc) is 3.06. The Hall–Kier alpha value is -2.60. The van der Waals surface area contributed by atoms with Gasteiger partial charge in [-0.1, -0.05) is 53.7 Å². The molecule has 3 rings (SSSR count). The Morgan fingerprint density at radius 2 is 1.92 bits per heavy atom. The summed E-state index contributed by atoms with van der Waals surface area (Å²) < 4.78 is 7.09. The molecule has 0 fully saturated rings. The van der Waals surface area contributed by atoms with Crippen molar-refractivity contribution in [1.29, 1.82) is 0 Å². The topological polar surface area (TPSA) is 57.0 Å². The van der Waals surface area contributed by atoms with Gasteiger partial charge in [-0.3, -0.25) is 9.36 Å². The van der Waals surface area contributed by atoms with Crippen LogP contribution in [0, 0.1) is 6.92 Å². The summed E-state index contributed by atoms with van der Waals surface area (Å²) >= 11 is 1.35. The van der Waals surface area contributed by atoms with Crippen molar-refractivity contribution in [2.24, 2.45) is 0 Å². The second-order valence-corrected chi connectivity index (χ2v) is 7.17. The molecule has 0 radical (unpaired) electrons. The molecule has 0 N–H and O–H groups in total. The minimum Gasteiger partial charge on any atom is -0.465 e. The van der Waals surface area contributed by atoms with Crippen molar-refractivity contribution < 1.29 is 9.53 Å². The summed E-state index contributed by atoms with van der Waals surface area (Å²) in [4.78, 5) is 12.0. The summed E-state index contributed by atoms with van der Waals surface area (Å²) in [7, 11) is 0. The average molecular weight is 367 g/mol. The zero-order chi connectivity index (χ0) is 18.5. The summed E-state index contributed by atoms with van der Waals surface area (Å²) in [6.07, 6.45) is 0. The van der Waals surface area contributed by atoms with Gasteiger partial charge in [0.1, 0.15) is 5.25 Å². The molecule has 0 aliphatic rings. The lowest BCUT2D eigenvalue weighted by molar-refractivity contribution is -0.142. The molecule has 0 spiro atoms. The molecular weight excluding hydrogens is 346 g/mol. The van der Waals surface area contributed by atoms with Crippen molar-refractivity contribution in [3.05, 3.63) is 60.2 Å². The van der Waals surface area contributed by atoms with Gasteiger partial charge in [-0.2, -0.15) is 0 Å². The summed E-state index contributed by atoms with van der Waals surface area (Å²) in [5, 5.41) is 9.04. The molecule has 0 aliphatic heterocycles. The molecule has 0 saturated carbocycles.